The lowest BCUT2D eigenvalue weighted by molar-refractivity contribution is -0.136. The van der Waals surface area contributed by atoms with Crippen LogP contribution in [0.5, 0.6) is 0 Å². The van der Waals surface area contributed by atoms with E-state index in [0.717, 1.165) is 68.3 Å². The molecule has 3 heterocycles. The van der Waals surface area contributed by atoms with Crippen LogP contribution in [0.25, 0.3) is 10.2 Å². The Morgan fingerprint density at radius 3 is 2.48 bits per heavy atom. The van der Waals surface area contributed by atoms with E-state index in [2.05, 4.69) is 37.5 Å². The van der Waals surface area contributed by atoms with E-state index in [9.17, 15) is 4.79 Å². The minimum absolute atomic E-state index is 0.190. The number of hydrogen-bond acceptors (Lipinski definition) is 5. The fraction of sp³-hybridized carbons (Fsp3) is 0.696. The highest BCUT2D eigenvalue weighted by Gasteiger charge is 2.31. The molecule has 1 saturated heterocycles. The number of rotatable bonds is 7. The van der Waals surface area contributed by atoms with E-state index in [1.165, 1.54) is 28.7 Å². The molecule has 5 nitrogen and oxygen atoms in total. The molecule has 2 aromatic heterocycles. The second-order valence-electron chi connectivity index (χ2n) is 8.70. The van der Waals surface area contributed by atoms with Gasteiger partial charge in [-0.25, -0.2) is 9.97 Å². The van der Waals surface area contributed by atoms with E-state index in [-0.39, 0.29) is 5.92 Å². The number of aryl methyl sites for hydroxylation is 2. The van der Waals surface area contributed by atoms with Crippen molar-refractivity contribution in [2.24, 2.45) is 5.92 Å². The Kier molecular flexibility index (Phi) is 6.09. The summed E-state index contributed by atoms with van der Waals surface area (Å²) >= 11 is 1.79. The number of aromatic nitrogens is 2. The maximum atomic E-state index is 13.0. The molecule has 1 amide bonds. The van der Waals surface area contributed by atoms with Crippen molar-refractivity contribution < 1.29 is 4.79 Å². The third-order valence-corrected chi connectivity index (χ3v) is 7.71. The van der Waals surface area contributed by atoms with Crippen LogP contribution < -0.4 is 4.90 Å². The van der Waals surface area contributed by atoms with Gasteiger partial charge >= 0.3 is 0 Å². The van der Waals surface area contributed by atoms with Gasteiger partial charge in [0.05, 0.1) is 5.39 Å². The summed E-state index contributed by atoms with van der Waals surface area (Å²) in [6, 6.07) is 0. The molecule has 0 unspecified atom stereocenters. The van der Waals surface area contributed by atoms with Crippen molar-refractivity contribution >= 4 is 33.3 Å². The second kappa shape index (κ2) is 8.58. The summed E-state index contributed by atoms with van der Waals surface area (Å²) in [5.74, 6) is 3.22. The van der Waals surface area contributed by atoms with Crippen molar-refractivity contribution in [3.05, 3.63) is 16.3 Å². The quantitative estimate of drug-likeness (QED) is 0.636. The number of amides is 1. The monoisotopic (exact) mass is 414 g/mol. The molecule has 2 aromatic rings. The SMILES string of the molecule is CCCC[C@H](CC)C(=O)N1CCN(c2nc(C3CC3)nc3sc(C)c(C)c23)CC1. The standard InChI is InChI=1S/C23H34N4OS/c1-5-7-8-17(6-2)23(28)27-13-11-26(12-14-27)21-19-15(3)16(4)29-22(19)25-20(24-21)18-9-10-18/h17-18H,5-14H2,1-4H3/t17-/m0/s1. The molecule has 1 atom stereocenters. The number of piperazine rings is 1. The maximum Gasteiger partial charge on any atom is 0.225 e. The summed E-state index contributed by atoms with van der Waals surface area (Å²) in [6.07, 6.45) is 6.70. The largest absolute Gasteiger partial charge is 0.352 e. The van der Waals surface area contributed by atoms with Crippen molar-refractivity contribution in [2.45, 2.75) is 72.1 Å². The van der Waals surface area contributed by atoms with Crippen molar-refractivity contribution in [1.29, 1.82) is 0 Å². The molecule has 158 valence electrons. The first-order chi connectivity index (χ1) is 14.0. The van der Waals surface area contributed by atoms with E-state index >= 15 is 0 Å². The molecule has 4 rings (SSSR count). The number of nitrogens with zero attached hydrogens (tertiary/aromatic N) is 4. The first-order valence-corrected chi connectivity index (χ1v) is 12.2. The summed E-state index contributed by atoms with van der Waals surface area (Å²) in [7, 11) is 0. The Balaban J connectivity index is 1.52. The molecule has 1 aliphatic carbocycles. The zero-order valence-corrected chi connectivity index (χ0v) is 19.1. The Bertz CT molecular complexity index is 881. The minimum atomic E-state index is 0.190. The van der Waals surface area contributed by atoms with Crippen molar-refractivity contribution in [3.8, 4) is 0 Å². The molecule has 0 aromatic carbocycles. The highest BCUT2D eigenvalue weighted by molar-refractivity contribution is 7.18. The zero-order valence-electron chi connectivity index (χ0n) is 18.3. The Morgan fingerprint density at radius 2 is 1.86 bits per heavy atom. The van der Waals surface area contributed by atoms with Gasteiger partial charge in [0.2, 0.25) is 5.91 Å². The molecule has 2 fully saturated rings. The second-order valence-corrected chi connectivity index (χ2v) is 9.91. The van der Waals surface area contributed by atoms with Gasteiger partial charge in [0, 0.05) is 42.9 Å². The van der Waals surface area contributed by atoms with Crippen molar-refractivity contribution in [3.63, 3.8) is 0 Å². The summed E-state index contributed by atoms with van der Waals surface area (Å²) in [5, 5.41) is 1.23. The average molecular weight is 415 g/mol. The van der Waals surface area contributed by atoms with Gasteiger partial charge in [-0.15, -0.1) is 11.3 Å². The van der Waals surface area contributed by atoms with Crippen LogP contribution in [0.3, 0.4) is 0 Å². The van der Waals surface area contributed by atoms with Crippen LogP contribution in [-0.2, 0) is 4.79 Å². The number of unbranched alkanes of at least 4 members (excludes halogenated alkanes) is 1. The molecule has 0 bridgehead atoms. The molecule has 0 radical (unpaired) electrons. The van der Waals surface area contributed by atoms with Gasteiger partial charge in [0.15, 0.2) is 0 Å². The van der Waals surface area contributed by atoms with Crippen LogP contribution in [0.1, 0.15) is 74.6 Å². The van der Waals surface area contributed by atoms with Crippen LogP contribution in [0.2, 0.25) is 0 Å². The van der Waals surface area contributed by atoms with Gasteiger partial charge in [-0.2, -0.15) is 0 Å². The number of hydrogen-bond donors (Lipinski definition) is 0. The lowest BCUT2D eigenvalue weighted by atomic mass is 9.97. The van der Waals surface area contributed by atoms with Crippen LogP contribution in [0.15, 0.2) is 0 Å². The molecule has 29 heavy (non-hydrogen) atoms. The molecule has 2 aliphatic rings. The minimum Gasteiger partial charge on any atom is -0.352 e. The van der Waals surface area contributed by atoms with E-state index < -0.39 is 0 Å². The summed E-state index contributed by atoms with van der Waals surface area (Å²) in [4.78, 5) is 29.9. The number of fused-ring (bicyclic) bond motifs is 1. The smallest absolute Gasteiger partial charge is 0.225 e. The highest BCUT2D eigenvalue weighted by atomic mass is 32.1. The zero-order chi connectivity index (χ0) is 20.5. The molecule has 0 N–H and O–H groups in total. The fourth-order valence-corrected chi connectivity index (χ4v) is 5.38. The van der Waals surface area contributed by atoms with E-state index in [1.807, 2.05) is 0 Å². The Morgan fingerprint density at radius 1 is 1.14 bits per heavy atom. The van der Waals surface area contributed by atoms with Crippen LogP contribution in [-0.4, -0.2) is 47.0 Å². The summed E-state index contributed by atoms with van der Waals surface area (Å²) in [6.45, 7) is 12.0. The first kappa shape index (κ1) is 20.6. The Hall–Kier alpha value is -1.69. The van der Waals surface area contributed by atoms with Crippen molar-refractivity contribution in [2.75, 3.05) is 31.1 Å². The molecular weight excluding hydrogens is 380 g/mol. The molecular formula is C23H34N4OS. The number of carbonyl (C=O) groups is 1. The third kappa shape index (κ3) is 4.14. The molecule has 0 spiro atoms. The third-order valence-electron chi connectivity index (χ3n) is 6.61. The normalized spacial score (nSPS) is 18.5. The van der Waals surface area contributed by atoms with Gasteiger partial charge in [-0.3, -0.25) is 4.79 Å². The van der Waals surface area contributed by atoms with Crippen molar-refractivity contribution in [1.82, 2.24) is 14.9 Å². The predicted octanol–water partition coefficient (Wildman–Crippen LogP) is 5.05. The molecule has 1 saturated carbocycles. The van der Waals surface area contributed by atoms with Gasteiger partial charge in [0.1, 0.15) is 16.5 Å². The summed E-state index contributed by atoms with van der Waals surface area (Å²) in [5.41, 5.74) is 1.31. The molecule has 6 heteroatoms. The topological polar surface area (TPSA) is 49.3 Å². The van der Waals surface area contributed by atoms with Crippen LogP contribution >= 0.6 is 11.3 Å². The lowest BCUT2D eigenvalue weighted by Gasteiger charge is -2.37. The number of thiophene rings is 1. The van der Waals surface area contributed by atoms with Gasteiger partial charge in [-0.1, -0.05) is 26.7 Å². The van der Waals surface area contributed by atoms with Crippen LogP contribution in [0.4, 0.5) is 5.82 Å². The molecule has 1 aliphatic heterocycles. The van der Waals surface area contributed by atoms with Gasteiger partial charge in [-0.05, 0) is 45.1 Å². The highest BCUT2D eigenvalue weighted by Crippen LogP contribution is 2.42. The average Bonchev–Trinajstić information content (AvgIpc) is 3.54. The van der Waals surface area contributed by atoms with Gasteiger partial charge < -0.3 is 9.80 Å². The van der Waals surface area contributed by atoms with Gasteiger partial charge in [0.25, 0.3) is 0 Å². The van der Waals surface area contributed by atoms with E-state index in [0.29, 0.717) is 11.8 Å². The first-order valence-electron chi connectivity index (χ1n) is 11.3. The Labute approximate surface area is 178 Å². The number of carbonyl (C=O) groups excluding carboxylic acids is 1. The van der Waals surface area contributed by atoms with Crippen LogP contribution in [0, 0.1) is 19.8 Å². The fourth-order valence-electron chi connectivity index (χ4n) is 4.35. The number of anilines is 1. The maximum absolute atomic E-state index is 13.0. The predicted molar refractivity (Wildman–Crippen MR) is 121 cm³/mol. The van der Waals surface area contributed by atoms with E-state index in [4.69, 9.17) is 9.97 Å². The van der Waals surface area contributed by atoms with E-state index in [1.54, 1.807) is 11.3 Å². The summed E-state index contributed by atoms with van der Waals surface area (Å²) < 4.78 is 0. The lowest BCUT2D eigenvalue weighted by Crippen LogP contribution is -2.50.